The van der Waals surface area contributed by atoms with Gasteiger partial charge in [-0.25, -0.2) is 0 Å². The number of aliphatic hydroxyl groups excluding tert-OH is 1. The summed E-state index contributed by atoms with van der Waals surface area (Å²) < 4.78 is 10.5. The molecule has 18 heavy (non-hydrogen) atoms. The number of anilines is 1. The van der Waals surface area contributed by atoms with Gasteiger partial charge in [0.2, 0.25) is 0 Å². The van der Waals surface area contributed by atoms with Crippen molar-refractivity contribution < 1.29 is 19.4 Å². The molecule has 1 fully saturated rings. The zero-order valence-corrected chi connectivity index (χ0v) is 10.3. The Hall–Kier alpha value is -1.59. The first kappa shape index (κ1) is 12.9. The molecule has 0 saturated carbocycles. The van der Waals surface area contributed by atoms with Gasteiger partial charge in [-0.05, 0) is 18.6 Å². The SMILES string of the molecule is COc1ccccc1N1C(=O)COCC1CCO. The Labute approximate surface area is 106 Å². The fourth-order valence-corrected chi connectivity index (χ4v) is 2.15. The molecule has 0 aliphatic carbocycles. The van der Waals surface area contributed by atoms with Gasteiger partial charge in [0, 0.05) is 6.61 Å². The molecule has 1 aliphatic rings. The summed E-state index contributed by atoms with van der Waals surface area (Å²) in [7, 11) is 1.57. The third-order valence-corrected chi connectivity index (χ3v) is 2.98. The molecule has 1 amide bonds. The van der Waals surface area contributed by atoms with Crippen LogP contribution in [-0.2, 0) is 9.53 Å². The molecule has 0 radical (unpaired) electrons. The van der Waals surface area contributed by atoms with Crippen molar-refractivity contribution in [3.05, 3.63) is 24.3 Å². The van der Waals surface area contributed by atoms with Gasteiger partial charge < -0.3 is 19.5 Å². The number of carbonyl (C=O) groups is 1. The average molecular weight is 251 g/mol. The molecular weight excluding hydrogens is 234 g/mol. The van der Waals surface area contributed by atoms with Crippen LogP contribution in [0.3, 0.4) is 0 Å². The molecule has 98 valence electrons. The second kappa shape index (κ2) is 5.84. The number of hydrogen-bond donors (Lipinski definition) is 1. The normalized spacial score (nSPS) is 20.0. The van der Waals surface area contributed by atoms with Crippen LogP contribution < -0.4 is 9.64 Å². The highest BCUT2D eigenvalue weighted by Crippen LogP contribution is 2.31. The first-order chi connectivity index (χ1) is 8.77. The van der Waals surface area contributed by atoms with Crippen LogP contribution in [0.2, 0.25) is 0 Å². The van der Waals surface area contributed by atoms with Gasteiger partial charge in [-0.15, -0.1) is 0 Å². The van der Waals surface area contributed by atoms with Crippen LogP contribution in [0.5, 0.6) is 5.75 Å². The second-order valence-electron chi connectivity index (χ2n) is 4.12. The van der Waals surface area contributed by atoms with Gasteiger partial charge in [0.15, 0.2) is 0 Å². The first-order valence-electron chi connectivity index (χ1n) is 5.91. The predicted molar refractivity (Wildman–Crippen MR) is 66.8 cm³/mol. The summed E-state index contributed by atoms with van der Waals surface area (Å²) in [5.74, 6) is 0.542. The van der Waals surface area contributed by atoms with E-state index in [1.165, 1.54) is 0 Å². The molecule has 1 aliphatic heterocycles. The van der Waals surface area contributed by atoms with Gasteiger partial charge in [-0.2, -0.15) is 0 Å². The number of carbonyl (C=O) groups excluding carboxylic acids is 1. The van der Waals surface area contributed by atoms with E-state index in [0.29, 0.717) is 18.8 Å². The van der Waals surface area contributed by atoms with Crippen molar-refractivity contribution in [1.82, 2.24) is 0 Å². The largest absolute Gasteiger partial charge is 0.495 e. The van der Waals surface area contributed by atoms with E-state index in [9.17, 15) is 4.79 Å². The lowest BCUT2D eigenvalue weighted by Gasteiger charge is -2.35. The molecule has 5 nitrogen and oxygen atoms in total. The average Bonchev–Trinajstić information content (AvgIpc) is 2.39. The van der Waals surface area contributed by atoms with E-state index >= 15 is 0 Å². The Morgan fingerprint density at radius 1 is 1.50 bits per heavy atom. The van der Waals surface area contributed by atoms with E-state index in [0.717, 1.165) is 5.69 Å². The van der Waals surface area contributed by atoms with Crippen LogP contribution in [-0.4, -0.2) is 44.0 Å². The number of ether oxygens (including phenoxy) is 2. The Balaban J connectivity index is 2.34. The summed E-state index contributed by atoms with van der Waals surface area (Å²) in [6.45, 7) is 0.525. The molecular formula is C13H17NO4. The highest BCUT2D eigenvalue weighted by Gasteiger charge is 2.31. The summed E-state index contributed by atoms with van der Waals surface area (Å²) >= 11 is 0. The molecule has 1 N–H and O–H groups in total. The van der Waals surface area contributed by atoms with Gasteiger partial charge in [0.05, 0.1) is 25.4 Å². The topological polar surface area (TPSA) is 59.0 Å². The number of amides is 1. The molecule has 0 aromatic heterocycles. The van der Waals surface area contributed by atoms with E-state index in [1.54, 1.807) is 12.0 Å². The maximum Gasteiger partial charge on any atom is 0.253 e. The maximum atomic E-state index is 12.0. The van der Waals surface area contributed by atoms with Gasteiger partial charge in [0.25, 0.3) is 5.91 Å². The molecule has 1 aromatic rings. The summed E-state index contributed by atoms with van der Waals surface area (Å²) in [4.78, 5) is 13.7. The number of aliphatic hydroxyl groups is 1. The lowest BCUT2D eigenvalue weighted by molar-refractivity contribution is -0.127. The van der Waals surface area contributed by atoms with E-state index in [-0.39, 0.29) is 25.2 Å². The Morgan fingerprint density at radius 2 is 2.28 bits per heavy atom. The van der Waals surface area contributed by atoms with Crippen LogP contribution in [0.25, 0.3) is 0 Å². The molecule has 1 atom stereocenters. The smallest absolute Gasteiger partial charge is 0.253 e. The summed E-state index contributed by atoms with van der Waals surface area (Å²) in [5.41, 5.74) is 0.728. The molecule has 0 spiro atoms. The highest BCUT2D eigenvalue weighted by molar-refractivity contribution is 5.96. The summed E-state index contributed by atoms with van der Waals surface area (Å²) in [6.07, 6.45) is 0.490. The third-order valence-electron chi connectivity index (χ3n) is 2.98. The minimum atomic E-state index is -0.146. The lowest BCUT2D eigenvalue weighted by Crippen LogP contribution is -2.50. The van der Waals surface area contributed by atoms with Crippen LogP contribution in [0.4, 0.5) is 5.69 Å². The van der Waals surface area contributed by atoms with Crippen molar-refractivity contribution in [3.63, 3.8) is 0 Å². The van der Waals surface area contributed by atoms with Crippen LogP contribution in [0.15, 0.2) is 24.3 Å². The van der Waals surface area contributed by atoms with E-state index < -0.39 is 0 Å². The van der Waals surface area contributed by atoms with E-state index in [2.05, 4.69) is 0 Å². The number of morpholine rings is 1. The zero-order valence-electron chi connectivity index (χ0n) is 10.3. The highest BCUT2D eigenvalue weighted by atomic mass is 16.5. The number of rotatable bonds is 4. The molecule has 1 aromatic carbocycles. The minimum absolute atomic E-state index is 0.0208. The molecule has 5 heteroatoms. The number of para-hydroxylation sites is 2. The standard InChI is InChI=1S/C13H17NO4/c1-17-12-5-3-2-4-11(12)14-10(6-7-15)8-18-9-13(14)16/h2-5,10,15H,6-9H2,1H3. The van der Waals surface area contributed by atoms with Gasteiger partial charge in [-0.1, -0.05) is 12.1 Å². The van der Waals surface area contributed by atoms with Crippen molar-refractivity contribution in [3.8, 4) is 5.75 Å². The zero-order chi connectivity index (χ0) is 13.0. The number of methoxy groups -OCH3 is 1. The molecule has 1 heterocycles. The van der Waals surface area contributed by atoms with Crippen molar-refractivity contribution in [2.75, 3.05) is 31.8 Å². The van der Waals surface area contributed by atoms with Gasteiger partial charge in [-0.3, -0.25) is 4.79 Å². The van der Waals surface area contributed by atoms with Crippen LogP contribution in [0.1, 0.15) is 6.42 Å². The fraction of sp³-hybridized carbons (Fsp3) is 0.462. The Bertz CT molecular complexity index is 419. The molecule has 1 saturated heterocycles. The van der Waals surface area contributed by atoms with Crippen molar-refractivity contribution >= 4 is 11.6 Å². The molecule has 2 rings (SSSR count). The molecule has 0 bridgehead atoms. The quantitative estimate of drug-likeness (QED) is 0.860. The number of hydrogen-bond acceptors (Lipinski definition) is 4. The van der Waals surface area contributed by atoms with Crippen molar-refractivity contribution in [2.45, 2.75) is 12.5 Å². The summed E-state index contributed by atoms with van der Waals surface area (Å²) in [6, 6.07) is 7.22. The fourth-order valence-electron chi connectivity index (χ4n) is 2.15. The minimum Gasteiger partial charge on any atom is -0.495 e. The second-order valence-corrected chi connectivity index (χ2v) is 4.12. The number of nitrogens with zero attached hydrogens (tertiary/aromatic N) is 1. The predicted octanol–water partition coefficient (Wildman–Crippen LogP) is 0.809. The van der Waals surface area contributed by atoms with Crippen molar-refractivity contribution in [1.29, 1.82) is 0 Å². The lowest BCUT2D eigenvalue weighted by atomic mass is 10.1. The van der Waals surface area contributed by atoms with Crippen LogP contribution >= 0.6 is 0 Å². The van der Waals surface area contributed by atoms with Crippen LogP contribution in [0, 0.1) is 0 Å². The first-order valence-corrected chi connectivity index (χ1v) is 5.91. The van der Waals surface area contributed by atoms with Crippen molar-refractivity contribution in [2.24, 2.45) is 0 Å². The Kier molecular flexibility index (Phi) is 4.17. The number of benzene rings is 1. The Morgan fingerprint density at radius 3 is 3.00 bits per heavy atom. The van der Waals surface area contributed by atoms with Gasteiger partial charge in [0.1, 0.15) is 12.4 Å². The maximum absolute atomic E-state index is 12.0. The van der Waals surface area contributed by atoms with E-state index in [1.807, 2.05) is 24.3 Å². The summed E-state index contributed by atoms with van der Waals surface area (Å²) in [5, 5.41) is 9.07. The monoisotopic (exact) mass is 251 g/mol. The van der Waals surface area contributed by atoms with E-state index in [4.69, 9.17) is 14.6 Å². The van der Waals surface area contributed by atoms with Gasteiger partial charge >= 0.3 is 0 Å². The molecule has 1 unspecified atom stereocenters. The third kappa shape index (κ3) is 2.47.